The smallest absolute Gasteiger partial charge is 0.323 e. The summed E-state index contributed by atoms with van der Waals surface area (Å²) in [6, 6.07) is 4.73. The number of carboxylic acids is 1. The molecule has 0 aliphatic heterocycles. The van der Waals surface area contributed by atoms with E-state index in [4.69, 9.17) is 10.8 Å². The lowest BCUT2D eigenvalue weighted by Crippen LogP contribution is -2.11. The number of carboxylic acid groups (broad SMARTS) is 1. The third-order valence-corrected chi connectivity index (χ3v) is 2.08. The van der Waals surface area contributed by atoms with Crippen LogP contribution in [0.3, 0.4) is 0 Å². The van der Waals surface area contributed by atoms with Crippen molar-refractivity contribution in [3.8, 4) is 5.75 Å². The number of imidazole rings is 1. The summed E-state index contributed by atoms with van der Waals surface area (Å²) in [7, 11) is 0. The van der Waals surface area contributed by atoms with Gasteiger partial charge in [-0.05, 0) is 12.1 Å². The van der Waals surface area contributed by atoms with Crippen molar-refractivity contribution in [2.24, 2.45) is 0 Å². The maximum Gasteiger partial charge on any atom is 0.323 e. The van der Waals surface area contributed by atoms with Gasteiger partial charge in [-0.1, -0.05) is 6.07 Å². The van der Waals surface area contributed by atoms with Crippen LogP contribution in [-0.2, 0) is 11.3 Å². The maximum atomic E-state index is 10.6. The van der Waals surface area contributed by atoms with E-state index in [0.29, 0.717) is 11.0 Å². The molecule has 1 aromatic heterocycles. The quantitative estimate of drug-likeness (QED) is 0.662. The number of rotatable bonds is 2. The fourth-order valence-electron chi connectivity index (χ4n) is 1.45. The number of hydrogen-bond donors (Lipinski definition) is 3. The third-order valence-electron chi connectivity index (χ3n) is 2.08. The Morgan fingerprint density at radius 2 is 2.27 bits per heavy atom. The Kier molecular flexibility index (Phi) is 1.96. The van der Waals surface area contributed by atoms with Crippen molar-refractivity contribution in [2.75, 3.05) is 5.73 Å². The van der Waals surface area contributed by atoms with E-state index in [0.717, 1.165) is 0 Å². The molecule has 0 saturated heterocycles. The predicted molar refractivity (Wildman–Crippen MR) is 53.4 cm³/mol. The van der Waals surface area contributed by atoms with Gasteiger partial charge in [0.1, 0.15) is 17.8 Å². The van der Waals surface area contributed by atoms with E-state index >= 15 is 0 Å². The first-order valence-corrected chi connectivity index (χ1v) is 4.25. The molecule has 1 heterocycles. The zero-order valence-electron chi connectivity index (χ0n) is 7.71. The molecular weight excluding hydrogens is 198 g/mol. The second-order valence-corrected chi connectivity index (χ2v) is 3.09. The van der Waals surface area contributed by atoms with E-state index in [1.54, 1.807) is 12.1 Å². The zero-order valence-corrected chi connectivity index (χ0v) is 7.71. The molecule has 0 radical (unpaired) electrons. The Morgan fingerprint density at radius 1 is 1.53 bits per heavy atom. The van der Waals surface area contributed by atoms with Crippen molar-refractivity contribution in [1.82, 2.24) is 9.55 Å². The Hall–Kier alpha value is -2.24. The molecule has 2 rings (SSSR count). The third kappa shape index (κ3) is 1.45. The van der Waals surface area contributed by atoms with Crippen LogP contribution >= 0.6 is 0 Å². The minimum absolute atomic E-state index is 0.0108. The Balaban J connectivity index is 2.68. The van der Waals surface area contributed by atoms with Crippen molar-refractivity contribution in [3.05, 3.63) is 18.2 Å². The molecule has 2 aromatic rings. The average molecular weight is 207 g/mol. The lowest BCUT2D eigenvalue weighted by molar-refractivity contribution is -0.137. The van der Waals surface area contributed by atoms with Gasteiger partial charge in [-0.3, -0.25) is 9.36 Å². The Morgan fingerprint density at radius 3 is 2.93 bits per heavy atom. The van der Waals surface area contributed by atoms with Crippen molar-refractivity contribution in [1.29, 1.82) is 0 Å². The summed E-state index contributed by atoms with van der Waals surface area (Å²) in [5, 5.41) is 18.1. The van der Waals surface area contributed by atoms with Gasteiger partial charge < -0.3 is 15.9 Å². The molecule has 0 aliphatic rings. The van der Waals surface area contributed by atoms with Crippen LogP contribution in [0.5, 0.6) is 5.75 Å². The first kappa shape index (κ1) is 9.32. The molecule has 0 saturated carbocycles. The number of carbonyl (C=O) groups is 1. The molecule has 0 amide bonds. The molecule has 0 unspecified atom stereocenters. The molecule has 78 valence electrons. The van der Waals surface area contributed by atoms with Crippen LogP contribution < -0.4 is 5.73 Å². The van der Waals surface area contributed by atoms with Crippen LogP contribution in [0.25, 0.3) is 11.0 Å². The number of fused-ring (bicyclic) bond motifs is 1. The van der Waals surface area contributed by atoms with Gasteiger partial charge in [-0.25, -0.2) is 4.98 Å². The van der Waals surface area contributed by atoms with E-state index in [2.05, 4.69) is 4.98 Å². The average Bonchev–Trinajstić information content (AvgIpc) is 2.45. The van der Waals surface area contributed by atoms with Crippen LogP contribution in [0, 0.1) is 0 Å². The second kappa shape index (κ2) is 3.16. The maximum absolute atomic E-state index is 10.6. The molecule has 0 aliphatic carbocycles. The molecule has 0 bridgehead atoms. The topological polar surface area (TPSA) is 101 Å². The van der Waals surface area contributed by atoms with Gasteiger partial charge in [0.15, 0.2) is 0 Å². The summed E-state index contributed by atoms with van der Waals surface area (Å²) in [4.78, 5) is 14.5. The van der Waals surface area contributed by atoms with E-state index in [1.807, 2.05) is 0 Å². The number of para-hydroxylation sites is 1. The predicted octanol–water partition coefficient (Wildman–Crippen LogP) is 0.409. The Bertz CT molecular complexity index is 533. The molecule has 15 heavy (non-hydrogen) atoms. The van der Waals surface area contributed by atoms with Gasteiger partial charge in [0.2, 0.25) is 5.95 Å². The largest absolute Gasteiger partial charge is 0.506 e. The highest BCUT2D eigenvalue weighted by molar-refractivity contribution is 5.85. The van der Waals surface area contributed by atoms with Gasteiger partial charge in [-0.15, -0.1) is 0 Å². The first-order chi connectivity index (χ1) is 7.09. The monoisotopic (exact) mass is 207 g/mol. The van der Waals surface area contributed by atoms with E-state index < -0.39 is 5.97 Å². The fourth-order valence-corrected chi connectivity index (χ4v) is 1.45. The standard InChI is InChI=1S/C9H9N3O3/c10-9-11-8-5(2-1-3-6(8)13)12(9)4-7(14)15/h1-3,13H,4H2,(H2,10,11)(H,14,15). The van der Waals surface area contributed by atoms with Crippen LogP contribution in [0.2, 0.25) is 0 Å². The molecular formula is C9H9N3O3. The van der Waals surface area contributed by atoms with E-state index in [9.17, 15) is 9.90 Å². The van der Waals surface area contributed by atoms with E-state index in [-0.39, 0.29) is 18.2 Å². The normalized spacial score (nSPS) is 10.7. The van der Waals surface area contributed by atoms with E-state index in [1.165, 1.54) is 10.6 Å². The van der Waals surface area contributed by atoms with Crippen molar-refractivity contribution < 1.29 is 15.0 Å². The number of hydrogen-bond acceptors (Lipinski definition) is 4. The highest BCUT2D eigenvalue weighted by Crippen LogP contribution is 2.25. The van der Waals surface area contributed by atoms with Gasteiger partial charge >= 0.3 is 5.97 Å². The SMILES string of the molecule is Nc1nc2c(O)cccc2n1CC(=O)O. The highest BCUT2D eigenvalue weighted by atomic mass is 16.4. The number of benzene rings is 1. The van der Waals surface area contributed by atoms with Crippen LogP contribution in [0.1, 0.15) is 0 Å². The van der Waals surface area contributed by atoms with Crippen molar-refractivity contribution in [2.45, 2.75) is 6.54 Å². The summed E-state index contributed by atoms with van der Waals surface area (Å²) >= 11 is 0. The summed E-state index contributed by atoms with van der Waals surface area (Å²) in [6.07, 6.45) is 0. The lowest BCUT2D eigenvalue weighted by atomic mass is 10.3. The zero-order chi connectivity index (χ0) is 11.0. The molecule has 6 nitrogen and oxygen atoms in total. The molecule has 0 spiro atoms. The molecule has 0 fully saturated rings. The molecule has 0 atom stereocenters. The first-order valence-electron chi connectivity index (χ1n) is 4.25. The molecule has 6 heteroatoms. The Labute approximate surface area is 84.6 Å². The van der Waals surface area contributed by atoms with Crippen molar-refractivity contribution >= 4 is 23.0 Å². The van der Waals surface area contributed by atoms with Gasteiger partial charge in [-0.2, -0.15) is 0 Å². The summed E-state index contributed by atoms with van der Waals surface area (Å²) in [6.45, 7) is -0.272. The minimum atomic E-state index is -1.01. The minimum Gasteiger partial charge on any atom is -0.506 e. The number of phenols is 1. The number of nitrogens with two attached hydrogens (primary N) is 1. The number of nitrogens with zero attached hydrogens (tertiary/aromatic N) is 2. The number of nitrogen functional groups attached to an aromatic ring is 1. The lowest BCUT2D eigenvalue weighted by Gasteiger charge is -2.01. The molecule has 1 aromatic carbocycles. The number of aromatic nitrogens is 2. The van der Waals surface area contributed by atoms with Crippen LogP contribution in [0.15, 0.2) is 18.2 Å². The van der Waals surface area contributed by atoms with Crippen LogP contribution in [0.4, 0.5) is 5.95 Å². The van der Waals surface area contributed by atoms with Gasteiger partial charge in [0, 0.05) is 0 Å². The van der Waals surface area contributed by atoms with Crippen LogP contribution in [-0.4, -0.2) is 25.7 Å². The second-order valence-electron chi connectivity index (χ2n) is 3.09. The summed E-state index contributed by atoms with van der Waals surface area (Å²) in [5.74, 6) is -0.943. The number of anilines is 1. The van der Waals surface area contributed by atoms with Gasteiger partial charge in [0.05, 0.1) is 5.52 Å². The van der Waals surface area contributed by atoms with Crippen molar-refractivity contribution in [3.63, 3.8) is 0 Å². The number of phenolic OH excluding ortho intramolecular Hbond substituents is 1. The number of aliphatic carboxylic acids is 1. The summed E-state index contributed by atoms with van der Waals surface area (Å²) < 4.78 is 1.33. The molecule has 4 N–H and O–H groups in total. The summed E-state index contributed by atoms with van der Waals surface area (Å²) in [5.41, 5.74) is 6.37. The highest BCUT2D eigenvalue weighted by Gasteiger charge is 2.12. The number of aromatic hydroxyl groups is 1. The fraction of sp³-hybridized carbons (Fsp3) is 0.111. The van der Waals surface area contributed by atoms with Gasteiger partial charge in [0.25, 0.3) is 0 Å².